The van der Waals surface area contributed by atoms with Gasteiger partial charge in [0, 0.05) is 52.1 Å². The van der Waals surface area contributed by atoms with Gasteiger partial charge in [0.1, 0.15) is 0 Å². The molecule has 5 heteroatoms. The van der Waals surface area contributed by atoms with E-state index >= 15 is 0 Å². The molecule has 0 saturated carbocycles. The fourth-order valence-electron chi connectivity index (χ4n) is 0. The van der Waals surface area contributed by atoms with E-state index in [0.717, 1.165) is 0 Å². The van der Waals surface area contributed by atoms with Gasteiger partial charge in [-0.25, -0.2) is 0 Å². The average Bonchev–Trinajstić information content (AvgIpc) is 1.00. The third kappa shape index (κ3) is 23.4. The third-order valence-electron chi connectivity index (χ3n) is 0. The van der Waals surface area contributed by atoms with E-state index in [2.05, 4.69) is 0 Å². The molecule has 0 aliphatic heterocycles. The second-order valence-electron chi connectivity index (χ2n) is 0. The molecule has 0 heterocycles. The second-order valence-corrected chi connectivity index (χ2v) is 0. The van der Waals surface area contributed by atoms with Gasteiger partial charge < -0.3 is 0 Å². The van der Waals surface area contributed by atoms with Crippen molar-refractivity contribution in [3.05, 3.63) is 0 Å². The Morgan fingerprint density at radius 2 is 1.20 bits per heavy atom. The van der Waals surface area contributed by atoms with E-state index in [-0.39, 0.29) is 52.1 Å². The van der Waals surface area contributed by atoms with Crippen LogP contribution in [-0.2, 0) is 56.4 Å². The van der Waals surface area contributed by atoms with Crippen LogP contribution in [0.3, 0.4) is 0 Å². The molecule has 0 aromatic heterocycles. The Kier molecular flexibility index (Phi) is 199. The molecule has 0 saturated heterocycles. The zero-order chi connectivity index (χ0) is 2.00. The van der Waals surface area contributed by atoms with E-state index in [1.54, 1.807) is 0 Å². The first-order chi connectivity index (χ1) is 1.00. The second kappa shape index (κ2) is 36.2. The Balaban J connectivity index is -0.00000000167. The molecule has 0 bridgehead atoms. The van der Waals surface area contributed by atoms with Gasteiger partial charge in [-0.05, 0) is 0 Å². The standard InChI is InChI=1S/Co.Li.Mo.Ni.O. The molecule has 0 aromatic rings. The average molecular weight is 237 g/mol. The third-order valence-corrected chi connectivity index (χ3v) is 0. The molecule has 0 amide bonds. The fourth-order valence-corrected chi connectivity index (χ4v) is 0. The van der Waals surface area contributed by atoms with Gasteiger partial charge in [0.15, 0.2) is 0 Å². The van der Waals surface area contributed by atoms with Crippen LogP contribution in [0.5, 0.6) is 0 Å². The van der Waals surface area contributed by atoms with Crippen LogP contribution in [0.25, 0.3) is 0 Å². The van der Waals surface area contributed by atoms with Crippen LogP contribution >= 0.6 is 0 Å². The predicted molar refractivity (Wildman–Crippen MR) is 6.44 cm³/mol. The van der Waals surface area contributed by atoms with Crippen molar-refractivity contribution in [1.29, 1.82) is 0 Å². The van der Waals surface area contributed by atoms with Gasteiger partial charge in [-0.1, -0.05) is 0 Å². The van der Waals surface area contributed by atoms with E-state index in [1.165, 1.54) is 0 Å². The van der Waals surface area contributed by atoms with Crippen LogP contribution in [0.1, 0.15) is 0 Å². The van der Waals surface area contributed by atoms with E-state index in [0.29, 0.717) is 19.8 Å². The molecule has 0 fully saturated rings. The van der Waals surface area contributed by atoms with Gasteiger partial charge in [0.2, 0.25) is 0 Å². The molecule has 0 spiro atoms. The summed E-state index contributed by atoms with van der Waals surface area (Å²) in [5.41, 5.74) is 0. The van der Waals surface area contributed by atoms with E-state index in [4.69, 9.17) is 3.40 Å². The maximum absolute atomic E-state index is 8.26. The molecular formula is CoLiMoNiO. The summed E-state index contributed by atoms with van der Waals surface area (Å²) in [6.07, 6.45) is 0. The Morgan fingerprint density at radius 3 is 1.20 bits per heavy atom. The molecule has 0 rings (SSSR count). The van der Waals surface area contributed by atoms with Gasteiger partial charge in [0.25, 0.3) is 0 Å². The number of rotatable bonds is 0. The van der Waals surface area contributed by atoms with Crippen molar-refractivity contribution in [1.82, 2.24) is 0 Å². The number of hydrogen-bond acceptors (Lipinski definition) is 1. The van der Waals surface area contributed by atoms with Gasteiger partial charge in [-0.15, -0.1) is 0 Å². The van der Waals surface area contributed by atoms with Crippen molar-refractivity contribution >= 4 is 18.9 Å². The summed E-state index contributed by atoms with van der Waals surface area (Å²) in [5, 5.41) is 0. The minimum absolute atomic E-state index is 0. The van der Waals surface area contributed by atoms with Crippen LogP contribution in [-0.4, -0.2) is 18.9 Å². The molecule has 0 atom stereocenters. The molecule has 2 radical (unpaired) electrons. The Bertz CT molecular complexity index is 11.6. The Morgan fingerprint density at radius 1 is 1.20 bits per heavy atom. The summed E-state index contributed by atoms with van der Waals surface area (Å²) < 4.78 is 8.26. The van der Waals surface area contributed by atoms with Crippen molar-refractivity contribution < 1.29 is 56.4 Å². The minimum atomic E-state index is 0. The molecular weight excluding hydrogens is 237 g/mol. The predicted octanol–water partition coefficient (Wildman–Crippen LogP) is -0.507. The van der Waals surface area contributed by atoms with Crippen molar-refractivity contribution in [2.45, 2.75) is 0 Å². The van der Waals surface area contributed by atoms with Crippen molar-refractivity contribution in [3.8, 4) is 0 Å². The van der Waals surface area contributed by atoms with E-state index < -0.39 is 0 Å². The Labute approximate surface area is 74.5 Å². The van der Waals surface area contributed by atoms with Crippen molar-refractivity contribution in [2.24, 2.45) is 0 Å². The summed E-state index contributed by atoms with van der Waals surface area (Å²) in [5.74, 6) is 0. The molecule has 32 valence electrons. The van der Waals surface area contributed by atoms with Crippen LogP contribution in [0.2, 0.25) is 0 Å². The van der Waals surface area contributed by atoms with Crippen LogP contribution in [0, 0.1) is 0 Å². The molecule has 0 N–H and O–H groups in total. The van der Waals surface area contributed by atoms with Crippen LogP contribution in [0.15, 0.2) is 0 Å². The SMILES string of the molecule is [Co].[Li].[Ni].[O]=[Mo]. The molecule has 0 aliphatic rings. The van der Waals surface area contributed by atoms with E-state index in [1.807, 2.05) is 0 Å². The molecule has 0 aromatic carbocycles. The van der Waals surface area contributed by atoms with Gasteiger partial charge in [0.05, 0.1) is 0 Å². The van der Waals surface area contributed by atoms with Gasteiger partial charge >= 0.3 is 23.2 Å². The summed E-state index contributed by atoms with van der Waals surface area (Å²) in [6, 6.07) is 0. The topological polar surface area (TPSA) is 17.1 Å². The summed E-state index contributed by atoms with van der Waals surface area (Å²) in [4.78, 5) is 0. The quantitative estimate of drug-likeness (QED) is 0.518. The first kappa shape index (κ1) is 27.6. The summed E-state index contributed by atoms with van der Waals surface area (Å²) in [7, 11) is 0. The zero-order valence-electron chi connectivity index (χ0n) is 2.47. The van der Waals surface area contributed by atoms with Crippen LogP contribution in [0.4, 0.5) is 0 Å². The first-order valence-corrected chi connectivity index (χ1v) is 0.986. The Hall–Kier alpha value is 2.09. The van der Waals surface area contributed by atoms with Gasteiger partial charge in [-0.2, -0.15) is 0 Å². The monoisotopic (exact) mass is 238 g/mol. The molecule has 5 heavy (non-hydrogen) atoms. The van der Waals surface area contributed by atoms with E-state index in [9.17, 15) is 0 Å². The zero-order valence-corrected chi connectivity index (χ0v) is 6.50. The molecule has 0 unspecified atom stereocenters. The molecule has 1 nitrogen and oxygen atoms in total. The van der Waals surface area contributed by atoms with Crippen LogP contribution < -0.4 is 0 Å². The van der Waals surface area contributed by atoms with Gasteiger partial charge in [-0.3, -0.25) is 0 Å². The number of hydrogen-bond donors (Lipinski definition) is 0. The van der Waals surface area contributed by atoms with Crippen molar-refractivity contribution in [2.75, 3.05) is 0 Å². The normalized spacial score (nSPS) is 0.800. The summed E-state index contributed by atoms with van der Waals surface area (Å²) in [6.45, 7) is 0. The maximum atomic E-state index is 8.26. The first-order valence-electron chi connectivity index (χ1n) is 0.167. The molecule has 0 aliphatic carbocycles. The summed E-state index contributed by atoms with van der Waals surface area (Å²) >= 11 is 0.700. The van der Waals surface area contributed by atoms with Crippen molar-refractivity contribution in [3.63, 3.8) is 0 Å². The fraction of sp³-hybridized carbons (Fsp3) is 0.